The zero-order chi connectivity index (χ0) is 48.5. The second-order valence-electron chi connectivity index (χ2n) is 19.9. The largest absolute Gasteiger partial charge is 0.382 e. The first-order chi connectivity index (χ1) is 30.7. The maximum Gasteiger partial charge on any atom is 0.279 e. The van der Waals surface area contributed by atoms with Crippen LogP contribution in [-0.2, 0) is 28.7 Å². The van der Waals surface area contributed by atoms with Gasteiger partial charge in [-0.05, 0) is 109 Å². The van der Waals surface area contributed by atoms with Crippen LogP contribution in [0.5, 0.6) is 0 Å². The molecule has 8 aromatic heterocycles. The van der Waals surface area contributed by atoms with E-state index in [-0.39, 0.29) is 27.7 Å². The fourth-order valence-corrected chi connectivity index (χ4v) is 6.78. The first-order valence-electron chi connectivity index (χ1n) is 21.6. The van der Waals surface area contributed by atoms with Gasteiger partial charge in [0.2, 0.25) is 0 Å². The van der Waals surface area contributed by atoms with Gasteiger partial charge in [0, 0.05) is 28.7 Å². The molecule has 66 heavy (non-hydrogen) atoms. The van der Waals surface area contributed by atoms with Crippen molar-refractivity contribution < 1.29 is 0 Å². The van der Waals surface area contributed by atoms with E-state index in [0.717, 1.165) is 40.6 Å². The Labute approximate surface area is 383 Å². The molecule has 348 valence electrons. The van der Waals surface area contributed by atoms with Crippen molar-refractivity contribution in [3.63, 3.8) is 0 Å². The van der Waals surface area contributed by atoms with Gasteiger partial charge in [0.25, 0.3) is 5.56 Å². The molecule has 0 saturated heterocycles. The van der Waals surface area contributed by atoms with Gasteiger partial charge in [-0.1, -0.05) is 30.3 Å². The number of aryl methyl sites for hydroxylation is 3. The van der Waals surface area contributed by atoms with Gasteiger partial charge in [0.1, 0.15) is 40.4 Å². The van der Waals surface area contributed by atoms with Crippen LogP contribution in [0.25, 0.3) is 44.7 Å². The molecule has 8 heterocycles. The van der Waals surface area contributed by atoms with Gasteiger partial charge in [-0.15, -0.1) is 0 Å². The number of nitrogens with two attached hydrogens (primary N) is 2. The Kier molecular flexibility index (Phi) is 13.3. The molecule has 0 radical (unpaired) electrons. The van der Waals surface area contributed by atoms with E-state index in [4.69, 9.17) is 11.5 Å². The van der Waals surface area contributed by atoms with Crippen molar-refractivity contribution in [2.24, 2.45) is 0 Å². The zero-order valence-electron chi connectivity index (χ0n) is 40.8. The van der Waals surface area contributed by atoms with E-state index in [1.54, 1.807) is 25.9 Å². The average Bonchev–Trinajstić information content (AvgIpc) is 4.02. The number of aromatic amines is 1. The number of nitrogen functional groups attached to an aromatic ring is 2. The number of nitrogens with one attached hydrogen (secondary N) is 2. The average molecular weight is 898 g/mol. The van der Waals surface area contributed by atoms with E-state index in [1.165, 1.54) is 11.9 Å². The molecule has 0 bridgehead atoms. The number of benzene rings is 1. The lowest BCUT2D eigenvalue weighted by atomic mass is 10.1. The summed E-state index contributed by atoms with van der Waals surface area (Å²) in [5.74, 6) is 3.69. The molecule has 0 amide bonds. The van der Waals surface area contributed by atoms with Crippen molar-refractivity contribution in [2.75, 3.05) is 16.8 Å². The summed E-state index contributed by atoms with van der Waals surface area (Å²) in [6, 6.07) is 10.3. The monoisotopic (exact) mass is 898 g/mol. The summed E-state index contributed by atoms with van der Waals surface area (Å²) in [6.45, 7) is 31.4. The minimum atomic E-state index is -0.180. The summed E-state index contributed by atoms with van der Waals surface area (Å²) >= 11 is 0. The molecule has 0 aliphatic rings. The van der Waals surface area contributed by atoms with Crippen LogP contribution >= 0.6 is 0 Å². The van der Waals surface area contributed by atoms with Gasteiger partial charge in [0.15, 0.2) is 45.6 Å². The van der Waals surface area contributed by atoms with Crippen LogP contribution in [0.1, 0.15) is 106 Å². The second kappa shape index (κ2) is 18.2. The minimum Gasteiger partial charge on any atom is -0.382 e. The molecule has 0 aliphatic heterocycles. The number of rotatable bonds is 3. The Hall–Kier alpha value is -7.38. The molecule has 9 aromatic rings. The van der Waals surface area contributed by atoms with Crippen LogP contribution in [0.2, 0.25) is 0 Å². The summed E-state index contributed by atoms with van der Waals surface area (Å²) in [5, 5.41) is 3.38. The summed E-state index contributed by atoms with van der Waals surface area (Å²) in [4.78, 5) is 61.2. The number of nitrogens with zero attached hydrogens (tertiary/aromatic N) is 15. The smallest absolute Gasteiger partial charge is 0.279 e. The number of imidazole rings is 4. The first-order valence-corrected chi connectivity index (χ1v) is 21.6. The van der Waals surface area contributed by atoms with Gasteiger partial charge >= 0.3 is 0 Å². The maximum atomic E-state index is 11.6. The molecule has 9 rings (SSSR count). The van der Waals surface area contributed by atoms with E-state index in [2.05, 4.69) is 144 Å². The molecule has 0 saturated carbocycles. The first kappa shape index (κ1) is 48.1. The fraction of sp³-hybridized carbons (Fsp3) is 0.435. The third-order valence-electron chi connectivity index (χ3n) is 10.1. The molecule has 0 unspecified atom stereocenters. The molecule has 6 N–H and O–H groups in total. The second-order valence-corrected chi connectivity index (χ2v) is 19.9. The number of hydrogen-bond acceptors (Lipinski definition) is 15. The quantitative estimate of drug-likeness (QED) is 0.135. The summed E-state index contributed by atoms with van der Waals surface area (Å²) in [5.41, 5.74) is 17.9. The van der Waals surface area contributed by atoms with Crippen LogP contribution in [0, 0.1) is 20.8 Å². The molecule has 20 nitrogen and oxygen atoms in total. The third kappa shape index (κ3) is 10.8. The predicted octanol–water partition coefficient (Wildman–Crippen LogP) is 7.32. The Morgan fingerprint density at radius 2 is 0.955 bits per heavy atom. The van der Waals surface area contributed by atoms with Gasteiger partial charge < -0.3 is 40.0 Å². The Balaban J connectivity index is 0.000000148. The van der Waals surface area contributed by atoms with Gasteiger partial charge in [-0.2, -0.15) is 0 Å². The lowest BCUT2D eigenvalue weighted by Gasteiger charge is -2.21. The summed E-state index contributed by atoms with van der Waals surface area (Å²) in [7, 11) is 0. The van der Waals surface area contributed by atoms with Gasteiger partial charge in [-0.3, -0.25) is 4.79 Å². The maximum absolute atomic E-state index is 11.6. The minimum absolute atomic E-state index is 0.0461. The van der Waals surface area contributed by atoms with Crippen LogP contribution in [0.3, 0.4) is 0 Å². The SMILES string of the molecule is CC(C)(C)n1cnc2c(N)ncnc21.Cc1nc(N)c2ncn(C(C)(C)C)c2n1.Cc1nc(NCc2ccccc2)c2ncn(C(C)(C)C)c2n1.Cc1nc2c(ncn2C(C)(C)C)c(=O)[nH]1. The molecule has 0 spiro atoms. The van der Waals surface area contributed by atoms with Crippen LogP contribution in [0.15, 0.2) is 66.8 Å². The topological polar surface area (TPSA) is 258 Å². The van der Waals surface area contributed by atoms with Crippen molar-refractivity contribution in [3.05, 3.63) is 95.4 Å². The van der Waals surface area contributed by atoms with E-state index in [0.29, 0.717) is 45.5 Å². The lowest BCUT2D eigenvalue weighted by molar-refractivity contribution is 0.405. The molecule has 20 heteroatoms. The molecule has 1 aromatic carbocycles. The highest BCUT2D eigenvalue weighted by Gasteiger charge is 2.22. The van der Waals surface area contributed by atoms with Crippen molar-refractivity contribution >= 4 is 62.1 Å². The van der Waals surface area contributed by atoms with E-state index in [9.17, 15) is 4.79 Å². The predicted molar refractivity (Wildman–Crippen MR) is 261 cm³/mol. The van der Waals surface area contributed by atoms with Crippen molar-refractivity contribution in [1.82, 2.24) is 78.1 Å². The highest BCUT2D eigenvalue weighted by atomic mass is 16.1. The standard InChI is InChI=1S/C17H21N5.C10H15N5.C10H14N4O.C9H13N5/c1-12-20-15(18-10-13-8-6-5-7-9-13)14-16(21-12)22(11-19-14)17(2,3)4;1-6-13-8(11)7-9(14-6)15(5-12-7)10(2,3)4;1-6-12-8-7(9(15)13-6)11-5-14(8)10(2,3)4;1-9(2,3)14-5-13-6-7(10)11-4-12-8(6)14/h5-9,11H,10H2,1-4H3,(H,18,20,21);5H,1-4H3,(H2,11,13,14);5H,1-4H3,(H,12,13,15);4-5H,1-3H3,(H2,10,11,12). The summed E-state index contributed by atoms with van der Waals surface area (Å²) in [6.07, 6.45) is 8.46. The molecular weight excluding hydrogens is 835 g/mol. The van der Waals surface area contributed by atoms with Gasteiger partial charge in [-0.25, -0.2) is 54.8 Å². The lowest BCUT2D eigenvalue weighted by Crippen LogP contribution is -2.22. The number of anilines is 3. The Morgan fingerprint density at radius 1 is 0.515 bits per heavy atom. The van der Waals surface area contributed by atoms with Gasteiger partial charge in [0.05, 0.1) is 25.3 Å². The number of fused-ring (bicyclic) bond motifs is 4. The zero-order valence-corrected chi connectivity index (χ0v) is 40.8. The van der Waals surface area contributed by atoms with E-state index >= 15 is 0 Å². The Bertz CT molecular complexity index is 3160. The number of H-pyrrole nitrogens is 1. The molecular formula is C46H63N19O. The number of hydrogen-bond donors (Lipinski definition) is 4. The molecule has 0 fully saturated rings. The number of aromatic nitrogens is 16. The highest BCUT2D eigenvalue weighted by molar-refractivity contribution is 5.84. The molecule has 0 aliphatic carbocycles. The van der Waals surface area contributed by atoms with Crippen molar-refractivity contribution in [2.45, 2.75) is 133 Å². The normalized spacial score (nSPS) is 12.1. The Morgan fingerprint density at radius 3 is 1.48 bits per heavy atom. The third-order valence-corrected chi connectivity index (χ3v) is 10.1. The summed E-state index contributed by atoms with van der Waals surface area (Å²) < 4.78 is 7.99. The van der Waals surface area contributed by atoms with Crippen molar-refractivity contribution in [3.8, 4) is 0 Å². The van der Waals surface area contributed by atoms with Crippen LogP contribution in [-0.4, -0.2) is 78.1 Å². The fourth-order valence-electron chi connectivity index (χ4n) is 6.78. The van der Waals surface area contributed by atoms with Crippen molar-refractivity contribution in [1.29, 1.82) is 0 Å². The van der Waals surface area contributed by atoms with E-state index < -0.39 is 0 Å². The van der Waals surface area contributed by atoms with Crippen LogP contribution in [0.4, 0.5) is 17.5 Å². The van der Waals surface area contributed by atoms with E-state index in [1.807, 2.05) is 72.8 Å². The van der Waals surface area contributed by atoms with Crippen LogP contribution < -0.4 is 22.3 Å². The molecule has 0 atom stereocenters. The highest BCUT2D eigenvalue weighted by Crippen LogP contribution is 2.26.